The largest absolute Gasteiger partial charge is 0.493 e. The van der Waals surface area contributed by atoms with E-state index in [0.717, 1.165) is 0 Å². The molecule has 0 unspecified atom stereocenters. The number of carbonyl (C=O) groups excluding carboxylic acids is 1. The Balaban J connectivity index is 2.45. The van der Waals surface area contributed by atoms with E-state index in [1.54, 1.807) is 19.1 Å². The van der Waals surface area contributed by atoms with Crippen LogP contribution in [0.15, 0.2) is 36.7 Å². The second kappa shape index (κ2) is 8.98. The lowest BCUT2D eigenvalue weighted by Crippen LogP contribution is -2.21. The summed E-state index contributed by atoms with van der Waals surface area (Å²) in [5.74, 6) is 0.108. The van der Waals surface area contributed by atoms with Crippen molar-refractivity contribution in [3.05, 3.63) is 48.1 Å². The molecule has 0 saturated heterocycles. The quantitative estimate of drug-likeness (QED) is 0.514. The molecule has 8 heteroatoms. The van der Waals surface area contributed by atoms with E-state index in [-0.39, 0.29) is 17.7 Å². The number of aromatic amines is 1. The highest BCUT2D eigenvalue weighted by Crippen LogP contribution is 2.41. The van der Waals surface area contributed by atoms with Gasteiger partial charge in [-0.2, -0.15) is 0 Å². The second-order valence-corrected chi connectivity index (χ2v) is 5.50. The molecule has 2 N–H and O–H groups in total. The Morgan fingerprint density at radius 2 is 1.81 bits per heavy atom. The Bertz CT molecular complexity index is 793. The Morgan fingerprint density at radius 1 is 1.19 bits per heavy atom. The summed E-state index contributed by atoms with van der Waals surface area (Å²) in [6.45, 7) is 5.65. The maximum absolute atomic E-state index is 14.2. The zero-order valence-corrected chi connectivity index (χ0v) is 15.7. The van der Waals surface area contributed by atoms with Crippen molar-refractivity contribution in [2.45, 2.75) is 13.0 Å². The number of nitrogens with one attached hydrogen (secondary N) is 2. The highest BCUT2D eigenvalue weighted by Gasteiger charge is 2.26. The van der Waals surface area contributed by atoms with E-state index in [2.05, 4.69) is 16.9 Å². The number of anilines is 1. The molecule has 1 aromatic heterocycles. The third-order valence-electron chi connectivity index (χ3n) is 3.90. The topological polar surface area (TPSA) is 81.8 Å². The number of H-pyrrole nitrogens is 1. The third-order valence-corrected chi connectivity index (χ3v) is 3.90. The highest BCUT2D eigenvalue weighted by atomic mass is 19.1. The third kappa shape index (κ3) is 4.33. The lowest BCUT2D eigenvalue weighted by molar-refractivity contribution is -0.138. The zero-order chi connectivity index (χ0) is 20.0. The van der Waals surface area contributed by atoms with Crippen LogP contribution < -0.4 is 19.5 Å². The summed E-state index contributed by atoms with van der Waals surface area (Å²) in [5.41, 5.74) is 0.798. The van der Waals surface area contributed by atoms with Gasteiger partial charge in [-0.15, -0.1) is 0 Å². The molecule has 0 aliphatic heterocycles. The van der Waals surface area contributed by atoms with Crippen LogP contribution in [0.5, 0.6) is 17.2 Å². The van der Waals surface area contributed by atoms with Crippen molar-refractivity contribution in [2.24, 2.45) is 0 Å². The van der Waals surface area contributed by atoms with Gasteiger partial charge in [0.05, 0.1) is 39.6 Å². The first-order valence-corrected chi connectivity index (χ1v) is 8.21. The fraction of sp³-hybridized carbons (Fsp3) is 0.316. The van der Waals surface area contributed by atoms with Gasteiger partial charge in [0.25, 0.3) is 0 Å². The first-order chi connectivity index (χ1) is 13.0. The number of esters is 1. The van der Waals surface area contributed by atoms with Gasteiger partial charge in [0, 0.05) is 35.8 Å². The summed E-state index contributed by atoms with van der Waals surface area (Å²) in [6, 6.07) is 2.44. The lowest BCUT2D eigenvalue weighted by Gasteiger charge is -2.22. The Hall–Kier alpha value is -3.16. The smallest absolute Gasteiger partial charge is 0.335 e. The van der Waals surface area contributed by atoms with E-state index in [0.29, 0.717) is 22.9 Å². The molecule has 0 saturated carbocycles. The van der Waals surface area contributed by atoms with E-state index in [1.807, 2.05) is 0 Å². The molecule has 7 nitrogen and oxygen atoms in total. The van der Waals surface area contributed by atoms with E-state index in [1.165, 1.54) is 33.7 Å². The molecule has 27 heavy (non-hydrogen) atoms. The van der Waals surface area contributed by atoms with Crippen molar-refractivity contribution in [1.82, 2.24) is 4.98 Å². The van der Waals surface area contributed by atoms with Gasteiger partial charge in [-0.25, -0.2) is 9.18 Å². The van der Waals surface area contributed by atoms with Crippen LogP contribution in [0.25, 0.3) is 0 Å². The fourth-order valence-electron chi connectivity index (χ4n) is 2.60. The van der Waals surface area contributed by atoms with Crippen LogP contribution in [0.3, 0.4) is 0 Å². The molecule has 1 heterocycles. The standard InChI is InChI=1S/C19H23FN2O5/c1-6-27-19(23)11(2)17(13-9-21-10-14(13)20)22-12-7-15(24-3)18(26-5)16(8-12)25-4/h7-10,17,21-22H,2,6H2,1,3-5H3/t17-/m1/s1. The summed E-state index contributed by atoms with van der Waals surface area (Å²) >= 11 is 0. The highest BCUT2D eigenvalue weighted by molar-refractivity contribution is 5.90. The minimum Gasteiger partial charge on any atom is -0.493 e. The maximum Gasteiger partial charge on any atom is 0.335 e. The molecule has 0 spiro atoms. The average Bonchev–Trinajstić information content (AvgIpc) is 3.10. The van der Waals surface area contributed by atoms with Crippen molar-refractivity contribution >= 4 is 11.7 Å². The first kappa shape index (κ1) is 20.2. The number of ether oxygens (including phenoxy) is 4. The van der Waals surface area contributed by atoms with Gasteiger partial charge in [0.2, 0.25) is 5.75 Å². The molecule has 0 amide bonds. The van der Waals surface area contributed by atoms with Gasteiger partial charge in [0.15, 0.2) is 11.5 Å². The molecule has 1 aromatic carbocycles. The van der Waals surface area contributed by atoms with Crippen LogP contribution >= 0.6 is 0 Å². The van der Waals surface area contributed by atoms with Crippen molar-refractivity contribution in [2.75, 3.05) is 33.3 Å². The van der Waals surface area contributed by atoms with Gasteiger partial charge in [-0.05, 0) is 6.92 Å². The molecule has 0 aliphatic rings. The molecule has 2 aromatic rings. The molecular formula is C19H23FN2O5. The Morgan fingerprint density at radius 3 is 2.26 bits per heavy atom. The summed E-state index contributed by atoms with van der Waals surface area (Å²) in [4.78, 5) is 14.8. The second-order valence-electron chi connectivity index (χ2n) is 5.50. The van der Waals surface area contributed by atoms with Gasteiger partial charge < -0.3 is 29.2 Å². The SMILES string of the molecule is C=C(C(=O)OCC)[C@@H](Nc1cc(OC)c(OC)c(OC)c1)c1c[nH]cc1F. The van der Waals surface area contributed by atoms with Crippen molar-refractivity contribution in [1.29, 1.82) is 0 Å². The normalized spacial score (nSPS) is 11.4. The van der Waals surface area contributed by atoms with Crippen molar-refractivity contribution < 1.29 is 28.1 Å². The molecule has 146 valence electrons. The molecule has 0 bridgehead atoms. The predicted molar refractivity (Wildman–Crippen MR) is 99.0 cm³/mol. The van der Waals surface area contributed by atoms with E-state index < -0.39 is 17.8 Å². The minimum absolute atomic E-state index is 0.0594. The number of rotatable bonds is 9. The summed E-state index contributed by atoms with van der Waals surface area (Å²) in [7, 11) is 4.47. The number of aromatic nitrogens is 1. The van der Waals surface area contributed by atoms with Gasteiger partial charge >= 0.3 is 5.97 Å². The summed E-state index contributed by atoms with van der Waals surface area (Å²) in [5, 5.41) is 3.09. The monoisotopic (exact) mass is 378 g/mol. The van der Waals surface area contributed by atoms with Gasteiger partial charge in [0.1, 0.15) is 5.82 Å². The molecule has 1 atom stereocenters. The Labute approximate surface area is 157 Å². The lowest BCUT2D eigenvalue weighted by atomic mass is 10.0. The molecule has 0 radical (unpaired) electrons. The Kier molecular flexibility index (Phi) is 6.70. The van der Waals surface area contributed by atoms with Crippen LogP contribution in [0, 0.1) is 5.82 Å². The average molecular weight is 378 g/mol. The van der Waals surface area contributed by atoms with E-state index in [4.69, 9.17) is 18.9 Å². The number of benzene rings is 1. The number of hydrogen-bond donors (Lipinski definition) is 2. The van der Waals surface area contributed by atoms with Crippen LogP contribution in [-0.4, -0.2) is 38.9 Å². The van der Waals surface area contributed by atoms with Crippen molar-refractivity contribution in [3.8, 4) is 17.2 Å². The predicted octanol–water partition coefficient (Wildman–Crippen LogP) is 3.45. The zero-order valence-electron chi connectivity index (χ0n) is 15.7. The molecule has 0 fully saturated rings. The van der Waals surface area contributed by atoms with Gasteiger partial charge in [-0.1, -0.05) is 6.58 Å². The number of methoxy groups -OCH3 is 3. The molecule has 2 rings (SSSR count). The number of carbonyl (C=O) groups is 1. The fourth-order valence-corrected chi connectivity index (χ4v) is 2.60. The number of halogens is 1. The summed E-state index contributed by atoms with van der Waals surface area (Å²) < 4.78 is 35.1. The maximum atomic E-state index is 14.2. The number of hydrogen-bond acceptors (Lipinski definition) is 6. The van der Waals surface area contributed by atoms with Crippen LogP contribution in [0.1, 0.15) is 18.5 Å². The van der Waals surface area contributed by atoms with Crippen LogP contribution in [0.2, 0.25) is 0 Å². The molecular weight excluding hydrogens is 355 g/mol. The van der Waals surface area contributed by atoms with E-state index in [9.17, 15) is 9.18 Å². The van der Waals surface area contributed by atoms with E-state index >= 15 is 0 Å². The summed E-state index contributed by atoms with van der Waals surface area (Å²) in [6.07, 6.45) is 2.65. The first-order valence-electron chi connectivity index (χ1n) is 8.21. The van der Waals surface area contributed by atoms with Crippen LogP contribution in [0.4, 0.5) is 10.1 Å². The molecule has 0 aliphatic carbocycles. The van der Waals surface area contributed by atoms with Crippen molar-refractivity contribution in [3.63, 3.8) is 0 Å². The minimum atomic E-state index is -0.863. The van der Waals surface area contributed by atoms with Gasteiger partial charge in [-0.3, -0.25) is 0 Å². The van der Waals surface area contributed by atoms with Crippen LogP contribution in [-0.2, 0) is 9.53 Å².